The lowest BCUT2D eigenvalue weighted by atomic mass is 10.0. The van der Waals surface area contributed by atoms with Gasteiger partial charge in [0.2, 0.25) is 7.41 Å². The van der Waals surface area contributed by atoms with Crippen LogP contribution in [-0.4, -0.2) is 27.2 Å². The van der Waals surface area contributed by atoms with Crippen molar-refractivity contribution >= 4 is 7.41 Å². The Morgan fingerprint density at radius 3 is 2.67 bits per heavy atom. The molecule has 0 heterocycles. The second-order valence-corrected chi connectivity index (χ2v) is 3.39. The van der Waals surface area contributed by atoms with E-state index in [0.717, 1.165) is 32.1 Å². The lowest BCUT2D eigenvalue weighted by Crippen LogP contribution is -2.18. The van der Waals surface area contributed by atoms with Gasteiger partial charge in [-0.2, -0.15) is 0 Å². The third kappa shape index (κ3) is 9.98. The number of nitrogens with one attached hydrogen (secondary N) is 1. The standard InChI is InChI=1S/C9H21BNO/c1-9(2)5-8-12-7-4-6-11-10-3/h9,11H,4-8H2,1-3H3. The minimum absolute atomic E-state index is 0.757. The average molecular weight is 170 g/mol. The highest BCUT2D eigenvalue weighted by Crippen LogP contribution is 1.98. The second-order valence-electron chi connectivity index (χ2n) is 3.39. The highest BCUT2D eigenvalue weighted by atomic mass is 16.5. The molecule has 0 saturated heterocycles. The summed E-state index contributed by atoms with van der Waals surface area (Å²) in [6.45, 7) is 9.26. The molecule has 0 fully saturated rings. The van der Waals surface area contributed by atoms with E-state index in [1.54, 1.807) is 0 Å². The smallest absolute Gasteiger partial charge is 0.201 e. The summed E-state index contributed by atoms with van der Waals surface area (Å²) in [6, 6.07) is 0. The SMILES string of the molecule is C[B]NCCCOCCC(C)C. The van der Waals surface area contributed by atoms with Crippen molar-refractivity contribution < 1.29 is 4.74 Å². The monoisotopic (exact) mass is 170 g/mol. The van der Waals surface area contributed by atoms with E-state index >= 15 is 0 Å². The van der Waals surface area contributed by atoms with E-state index in [1.807, 2.05) is 14.2 Å². The molecule has 3 heteroatoms. The Kier molecular flexibility index (Phi) is 9.06. The van der Waals surface area contributed by atoms with Gasteiger partial charge in [0.15, 0.2) is 0 Å². The van der Waals surface area contributed by atoms with Gasteiger partial charge in [-0.15, -0.1) is 0 Å². The molecule has 71 valence electrons. The molecule has 0 aliphatic heterocycles. The van der Waals surface area contributed by atoms with Crippen LogP contribution in [-0.2, 0) is 4.74 Å². The first kappa shape index (κ1) is 12.0. The molecule has 1 radical (unpaired) electrons. The van der Waals surface area contributed by atoms with Gasteiger partial charge in [0.25, 0.3) is 0 Å². The predicted octanol–water partition coefficient (Wildman–Crippen LogP) is 1.70. The lowest BCUT2D eigenvalue weighted by Gasteiger charge is -2.06. The summed E-state index contributed by atoms with van der Waals surface area (Å²) >= 11 is 0. The van der Waals surface area contributed by atoms with E-state index in [2.05, 4.69) is 19.1 Å². The van der Waals surface area contributed by atoms with E-state index in [-0.39, 0.29) is 0 Å². The zero-order valence-electron chi connectivity index (χ0n) is 8.60. The van der Waals surface area contributed by atoms with Gasteiger partial charge in [-0.25, -0.2) is 0 Å². The van der Waals surface area contributed by atoms with Crippen LogP contribution in [0, 0.1) is 5.92 Å². The van der Waals surface area contributed by atoms with Gasteiger partial charge in [-0.1, -0.05) is 20.7 Å². The summed E-state index contributed by atoms with van der Waals surface area (Å²) in [5.74, 6) is 0.757. The van der Waals surface area contributed by atoms with Gasteiger partial charge in [0.05, 0.1) is 0 Å². The van der Waals surface area contributed by atoms with Gasteiger partial charge < -0.3 is 9.96 Å². The Morgan fingerprint density at radius 2 is 2.08 bits per heavy atom. The van der Waals surface area contributed by atoms with Crippen LogP contribution < -0.4 is 5.23 Å². The fourth-order valence-electron chi connectivity index (χ4n) is 0.842. The Bertz CT molecular complexity index is 88.6. The molecular weight excluding hydrogens is 149 g/mol. The second kappa shape index (κ2) is 9.08. The highest BCUT2D eigenvalue weighted by Gasteiger charge is 1.93. The first-order chi connectivity index (χ1) is 5.77. The van der Waals surface area contributed by atoms with E-state index < -0.39 is 0 Å². The molecule has 0 aromatic rings. The first-order valence-electron chi connectivity index (χ1n) is 4.86. The maximum atomic E-state index is 5.44. The molecule has 0 amide bonds. The van der Waals surface area contributed by atoms with Crippen LogP contribution in [0.4, 0.5) is 0 Å². The van der Waals surface area contributed by atoms with Gasteiger partial charge in [0.1, 0.15) is 0 Å². The van der Waals surface area contributed by atoms with Gasteiger partial charge in [-0.05, 0) is 25.3 Å². The molecule has 0 aliphatic rings. The van der Waals surface area contributed by atoms with Crippen molar-refractivity contribution in [2.45, 2.75) is 33.5 Å². The van der Waals surface area contributed by atoms with Crippen LogP contribution in [0.5, 0.6) is 0 Å². The zero-order chi connectivity index (χ0) is 9.23. The lowest BCUT2D eigenvalue weighted by molar-refractivity contribution is 0.122. The summed E-state index contributed by atoms with van der Waals surface area (Å²) in [6.07, 6.45) is 2.27. The molecule has 1 N–H and O–H groups in total. The zero-order valence-corrected chi connectivity index (χ0v) is 8.60. The summed E-state index contributed by atoms with van der Waals surface area (Å²) < 4.78 is 5.44. The van der Waals surface area contributed by atoms with Crippen LogP contribution in [0.1, 0.15) is 26.7 Å². The van der Waals surface area contributed by atoms with Crippen LogP contribution in [0.2, 0.25) is 6.82 Å². The fourth-order valence-corrected chi connectivity index (χ4v) is 0.842. The molecule has 0 spiro atoms. The minimum atomic E-state index is 0.757. The normalized spacial score (nSPS) is 10.7. The Labute approximate surface area is 77.3 Å². The van der Waals surface area contributed by atoms with E-state index in [0.29, 0.717) is 0 Å². The number of hydrogen-bond donors (Lipinski definition) is 1. The third-order valence-electron chi connectivity index (χ3n) is 1.65. The van der Waals surface area contributed by atoms with Crippen LogP contribution >= 0.6 is 0 Å². The maximum absolute atomic E-state index is 5.44. The van der Waals surface area contributed by atoms with Gasteiger partial charge in [0, 0.05) is 13.2 Å². The van der Waals surface area contributed by atoms with Crippen LogP contribution in [0.25, 0.3) is 0 Å². The predicted molar refractivity (Wildman–Crippen MR) is 54.5 cm³/mol. The average Bonchev–Trinajstić information content (AvgIpc) is 2.02. The molecule has 0 aromatic carbocycles. The Morgan fingerprint density at radius 1 is 1.33 bits per heavy atom. The van der Waals surface area contributed by atoms with Gasteiger partial charge >= 0.3 is 0 Å². The molecule has 0 aromatic heterocycles. The summed E-state index contributed by atoms with van der Waals surface area (Å²) in [5, 5.41) is 3.14. The largest absolute Gasteiger partial charge is 0.381 e. The molecule has 0 saturated carbocycles. The molecule has 0 unspecified atom stereocenters. The molecule has 2 nitrogen and oxygen atoms in total. The fraction of sp³-hybridized carbons (Fsp3) is 1.00. The molecule has 12 heavy (non-hydrogen) atoms. The molecule has 0 atom stereocenters. The Hall–Kier alpha value is -0.0151. The first-order valence-corrected chi connectivity index (χ1v) is 4.86. The summed E-state index contributed by atoms with van der Waals surface area (Å²) in [7, 11) is 1.97. The van der Waals surface area contributed by atoms with Crippen molar-refractivity contribution in [1.82, 2.24) is 5.23 Å². The van der Waals surface area contributed by atoms with Crippen LogP contribution in [0.15, 0.2) is 0 Å². The molecule has 0 aliphatic carbocycles. The third-order valence-corrected chi connectivity index (χ3v) is 1.65. The van der Waals surface area contributed by atoms with E-state index in [4.69, 9.17) is 4.74 Å². The Balaban J connectivity index is 2.82. The number of hydrogen-bond acceptors (Lipinski definition) is 2. The molecular formula is C9H21BNO. The summed E-state index contributed by atoms with van der Waals surface area (Å²) in [5.41, 5.74) is 0. The maximum Gasteiger partial charge on any atom is 0.201 e. The van der Waals surface area contributed by atoms with Crippen molar-refractivity contribution in [3.8, 4) is 0 Å². The van der Waals surface area contributed by atoms with Crippen molar-refractivity contribution in [3.63, 3.8) is 0 Å². The molecule has 0 bridgehead atoms. The number of ether oxygens (including phenoxy) is 1. The number of rotatable bonds is 8. The van der Waals surface area contributed by atoms with Crippen molar-refractivity contribution in [2.75, 3.05) is 19.8 Å². The van der Waals surface area contributed by atoms with E-state index in [9.17, 15) is 0 Å². The van der Waals surface area contributed by atoms with Crippen molar-refractivity contribution in [1.29, 1.82) is 0 Å². The molecule has 0 rings (SSSR count). The highest BCUT2D eigenvalue weighted by molar-refractivity contribution is 6.29. The topological polar surface area (TPSA) is 21.3 Å². The van der Waals surface area contributed by atoms with E-state index in [1.165, 1.54) is 6.42 Å². The van der Waals surface area contributed by atoms with Crippen molar-refractivity contribution in [3.05, 3.63) is 0 Å². The van der Waals surface area contributed by atoms with Crippen LogP contribution in [0.3, 0.4) is 0 Å². The van der Waals surface area contributed by atoms with Gasteiger partial charge in [-0.3, -0.25) is 0 Å². The quantitative estimate of drug-likeness (QED) is 0.442. The summed E-state index contributed by atoms with van der Waals surface area (Å²) in [4.78, 5) is 0. The van der Waals surface area contributed by atoms with Crippen molar-refractivity contribution in [2.24, 2.45) is 5.92 Å². The minimum Gasteiger partial charge on any atom is -0.381 e.